The predicted octanol–water partition coefficient (Wildman–Crippen LogP) is 3.24. The van der Waals surface area contributed by atoms with E-state index < -0.39 is 0 Å². The molecule has 1 N–H and O–H groups in total. The lowest BCUT2D eigenvalue weighted by Crippen LogP contribution is -2.34. The first kappa shape index (κ1) is 14.8. The minimum absolute atomic E-state index is 0.0887. The maximum atomic E-state index is 12.3. The molecule has 20 heavy (non-hydrogen) atoms. The Bertz CT molecular complexity index is 507. The van der Waals surface area contributed by atoms with Gasteiger partial charge in [-0.15, -0.1) is 11.3 Å². The summed E-state index contributed by atoms with van der Waals surface area (Å²) in [5.74, 6) is 0.00145. The Balaban J connectivity index is 1.94. The Morgan fingerprint density at radius 1 is 1.50 bits per heavy atom. The van der Waals surface area contributed by atoms with E-state index in [0.29, 0.717) is 6.54 Å². The van der Waals surface area contributed by atoms with Gasteiger partial charge in [0.1, 0.15) is 0 Å². The molecule has 2 heterocycles. The Hall–Kier alpha value is -1.62. The van der Waals surface area contributed by atoms with Crippen LogP contribution in [-0.4, -0.2) is 15.7 Å². The Kier molecular flexibility index (Phi) is 5.35. The molecule has 1 amide bonds. The van der Waals surface area contributed by atoms with Crippen molar-refractivity contribution in [2.75, 3.05) is 0 Å². The van der Waals surface area contributed by atoms with Crippen molar-refractivity contribution in [3.63, 3.8) is 0 Å². The fourth-order valence-electron chi connectivity index (χ4n) is 2.15. The van der Waals surface area contributed by atoms with Gasteiger partial charge in [0.15, 0.2) is 0 Å². The monoisotopic (exact) mass is 291 g/mol. The van der Waals surface area contributed by atoms with Crippen LogP contribution in [0.5, 0.6) is 0 Å². The van der Waals surface area contributed by atoms with Crippen LogP contribution in [0.15, 0.2) is 36.0 Å². The standard InChI is InChI=1S/C15H21N3OS/c1-3-6-13(14-7-4-10-20-14)17-15(19)12(2)11-18-9-5-8-16-18/h4-5,7-10,12-13H,3,6,11H2,1-2H3,(H,17,19). The molecule has 0 saturated carbocycles. The number of amides is 1. The van der Waals surface area contributed by atoms with Gasteiger partial charge < -0.3 is 5.32 Å². The second kappa shape index (κ2) is 7.24. The maximum Gasteiger partial charge on any atom is 0.225 e. The minimum Gasteiger partial charge on any atom is -0.348 e. The summed E-state index contributed by atoms with van der Waals surface area (Å²) >= 11 is 1.70. The number of thiophene rings is 1. The highest BCUT2D eigenvalue weighted by Gasteiger charge is 2.19. The average molecular weight is 291 g/mol. The van der Waals surface area contributed by atoms with Crippen molar-refractivity contribution < 1.29 is 4.79 Å². The second-order valence-corrected chi connectivity index (χ2v) is 5.97. The van der Waals surface area contributed by atoms with Crippen LogP contribution >= 0.6 is 11.3 Å². The molecule has 2 atom stereocenters. The van der Waals surface area contributed by atoms with Crippen LogP contribution in [0.4, 0.5) is 0 Å². The Morgan fingerprint density at radius 3 is 2.95 bits per heavy atom. The highest BCUT2D eigenvalue weighted by atomic mass is 32.1. The van der Waals surface area contributed by atoms with E-state index in [1.54, 1.807) is 22.2 Å². The number of rotatable bonds is 7. The first-order chi connectivity index (χ1) is 9.70. The molecule has 108 valence electrons. The summed E-state index contributed by atoms with van der Waals surface area (Å²) < 4.78 is 1.80. The highest BCUT2D eigenvalue weighted by Crippen LogP contribution is 2.23. The van der Waals surface area contributed by atoms with Gasteiger partial charge in [0.2, 0.25) is 5.91 Å². The lowest BCUT2D eigenvalue weighted by Gasteiger charge is -2.19. The Morgan fingerprint density at radius 2 is 2.35 bits per heavy atom. The molecule has 2 aromatic heterocycles. The first-order valence-corrected chi connectivity index (χ1v) is 7.90. The molecular weight excluding hydrogens is 270 g/mol. The molecule has 2 unspecified atom stereocenters. The van der Waals surface area contributed by atoms with E-state index in [4.69, 9.17) is 0 Å². The van der Waals surface area contributed by atoms with Gasteiger partial charge in [0.05, 0.1) is 18.5 Å². The smallest absolute Gasteiger partial charge is 0.225 e. The lowest BCUT2D eigenvalue weighted by molar-refractivity contribution is -0.125. The molecule has 0 aromatic carbocycles. The van der Waals surface area contributed by atoms with Gasteiger partial charge >= 0.3 is 0 Å². The van der Waals surface area contributed by atoms with Crippen molar-refractivity contribution in [3.05, 3.63) is 40.8 Å². The second-order valence-electron chi connectivity index (χ2n) is 4.99. The van der Waals surface area contributed by atoms with Gasteiger partial charge in [0.25, 0.3) is 0 Å². The summed E-state index contributed by atoms with van der Waals surface area (Å²) in [4.78, 5) is 13.5. The van der Waals surface area contributed by atoms with Crippen LogP contribution in [0, 0.1) is 5.92 Å². The molecule has 0 fully saturated rings. The molecule has 0 bridgehead atoms. The molecular formula is C15H21N3OS. The third-order valence-electron chi connectivity index (χ3n) is 3.25. The SMILES string of the molecule is CCCC(NC(=O)C(C)Cn1cccn1)c1cccs1. The van der Waals surface area contributed by atoms with Crippen LogP contribution in [0.2, 0.25) is 0 Å². The van der Waals surface area contributed by atoms with E-state index in [9.17, 15) is 4.79 Å². The van der Waals surface area contributed by atoms with Gasteiger partial charge in [-0.1, -0.05) is 26.3 Å². The summed E-state index contributed by atoms with van der Waals surface area (Å²) in [5, 5.41) is 9.36. The third-order valence-corrected chi connectivity index (χ3v) is 4.23. The van der Waals surface area contributed by atoms with Gasteiger partial charge in [-0.05, 0) is 23.9 Å². The topological polar surface area (TPSA) is 46.9 Å². The van der Waals surface area contributed by atoms with Crippen molar-refractivity contribution in [2.24, 2.45) is 5.92 Å². The van der Waals surface area contributed by atoms with E-state index in [-0.39, 0.29) is 17.9 Å². The summed E-state index contributed by atoms with van der Waals surface area (Å²) in [6.07, 6.45) is 5.64. The quantitative estimate of drug-likeness (QED) is 0.851. The summed E-state index contributed by atoms with van der Waals surface area (Å²) in [7, 11) is 0. The summed E-state index contributed by atoms with van der Waals surface area (Å²) in [6.45, 7) is 4.69. The van der Waals surface area contributed by atoms with Crippen LogP contribution in [-0.2, 0) is 11.3 Å². The van der Waals surface area contributed by atoms with E-state index in [1.807, 2.05) is 25.3 Å². The summed E-state index contributed by atoms with van der Waals surface area (Å²) in [6, 6.07) is 6.12. The zero-order valence-electron chi connectivity index (χ0n) is 12.0. The molecule has 2 aromatic rings. The Labute approximate surface area is 123 Å². The highest BCUT2D eigenvalue weighted by molar-refractivity contribution is 7.10. The van der Waals surface area contributed by atoms with Gasteiger partial charge in [-0.25, -0.2) is 0 Å². The number of carbonyl (C=O) groups is 1. The third kappa shape index (κ3) is 3.93. The molecule has 0 saturated heterocycles. The molecule has 0 spiro atoms. The number of aromatic nitrogens is 2. The minimum atomic E-state index is -0.0887. The number of carbonyl (C=O) groups excluding carboxylic acids is 1. The van der Waals surface area contributed by atoms with Crippen molar-refractivity contribution in [2.45, 2.75) is 39.3 Å². The average Bonchev–Trinajstić information content (AvgIpc) is 3.11. The largest absolute Gasteiger partial charge is 0.348 e. The number of hydrogen-bond acceptors (Lipinski definition) is 3. The van der Waals surface area contributed by atoms with Crippen LogP contribution < -0.4 is 5.32 Å². The zero-order valence-corrected chi connectivity index (χ0v) is 12.8. The normalized spacial score (nSPS) is 13.9. The lowest BCUT2D eigenvalue weighted by atomic mass is 10.1. The van der Waals surface area contributed by atoms with E-state index in [1.165, 1.54) is 4.88 Å². The van der Waals surface area contributed by atoms with Crippen molar-refractivity contribution in [1.82, 2.24) is 15.1 Å². The van der Waals surface area contributed by atoms with Crippen molar-refractivity contribution in [3.8, 4) is 0 Å². The van der Waals surface area contributed by atoms with Gasteiger partial charge in [-0.2, -0.15) is 5.10 Å². The zero-order chi connectivity index (χ0) is 14.4. The fraction of sp³-hybridized carbons (Fsp3) is 0.467. The number of nitrogens with one attached hydrogen (secondary N) is 1. The van der Waals surface area contributed by atoms with Crippen LogP contribution in [0.1, 0.15) is 37.6 Å². The molecule has 0 aliphatic rings. The fourth-order valence-corrected chi connectivity index (χ4v) is 2.96. The molecule has 0 aliphatic carbocycles. The van der Waals surface area contributed by atoms with E-state index in [0.717, 1.165) is 12.8 Å². The van der Waals surface area contributed by atoms with Crippen LogP contribution in [0.3, 0.4) is 0 Å². The first-order valence-electron chi connectivity index (χ1n) is 7.02. The summed E-state index contributed by atoms with van der Waals surface area (Å²) in [5.41, 5.74) is 0. The van der Waals surface area contributed by atoms with Crippen molar-refractivity contribution in [1.29, 1.82) is 0 Å². The van der Waals surface area contributed by atoms with Crippen molar-refractivity contribution >= 4 is 17.2 Å². The molecule has 0 aliphatic heterocycles. The number of nitrogens with zero attached hydrogens (tertiary/aromatic N) is 2. The molecule has 5 heteroatoms. The van der Waals surface area contributed by atoms with Gasteiger partial charge in [-0.3, -0.25) is 9.48 Å². The molecule has 0 radical (unpaired) electrons. The molecule has 2 rings (SSSR count). The van der Waals surface area contributed by atoms with E-state index >= 15 is 0 Å². The number of hydrogen-bond donors (Lipinski definition) is 1. The van der Waals surface area contributed by atoms with Gasteiger partial charge in [0, 0.05) is 17.3 Å². The predicted molar refractivity (Wildman–Crippen MR) is 81.5 cm³/mol. The maximum absolute atomic E-state index is 12.3. The van der Waals surface area contributed by atoms with Crippen LogP contribution in [0.25, 0.3) is 0 Å². The molecule has 4 nitrogen and oxygen atoms in total. The van der Waals surface area contributed by atoms with E-state index in [2.05, 4.69) is 28.8 Å².